The maximum absolute atomic E-state index is 14.2. The van der Waals surface area contributed by atoms with E-state index in [0.29, 0.717) is 32.9 Å². The zero-order chi connectivity index (χ0) is 22.0. The number of hydrogen-bond acceptors (Lipinski definition) is 6. The van der Waals surface area contributed by atoms with E-state index < -0.39 is 5.82 Å². The van der Waals surface area contributed by atoms with Crippen molar-refractivity contribution in [2.24, 2.45) is 7.05 Å². The minimum absolute atomic E-state index is 0.0257. The predicted octanol–water partition coefficient (Wildman–Crippen LogP) is 6.10. The van der Waals surface area contributed by atoms with Crippen LogP contribution < -0.4 is 10.1 Å². The minimum atomic E-state index is -0.588. The van der Waals surface area contributed by atoms with Gasteiger partial charge in [-0.2, -0.15) is 5.26 Å². The Morgan fingerprint density at radius 3 is 2.81 bits per heavy atom. The molecule has 6 nitrogen and oxygen atoms in total. The Hall–Kier alpha value is -2.99. The third-order valence-electron chi connectivity index (χ3n) is 4.43. The highest BCUT2D eigenvalue weighted by Crippen LogP contribution is 2.37. The van der Waals surface area contributed by atoms with Gasteiger partial charge in [-0.25, -0.2) is 9.37 Å². The molecule has 0 bridgehead atoms. The third-order valence-corrected chi connectivity index (χ3v) is 6.12. The number of pyridine rings is 1. The van der Waals surface area contributed by atoms with E-state index in [1.54, 1.807) is 12.3 Å². The molecule has 0 saturated heterocycles. The maximum Gasteiger partial charge on any atom is 0.172 e. The molecule has 0 amide bonds. The number of nitrogens with zero attached hydrogens (tertiary/aromatic N) is 4. The average molecular weight is 474 g/mol. The number of nitriles is 1. The van der Waals surface area contributed by atoms with Crippen molar-refractivity contribution >= 4 is 57.2 Å². The van der Waals surface area contributed by atoms with Crippen LogP contribution in [0.1, 0.15) is 5.56 Å². The van der Waals surface area contributed by atoms with Gasteiger partial charge in [0.05, 0.1) is 21.8 Å². The molecule has 0 fully saturated rings. The lowest BCUT2D eigenvalue weighted by molar-refractivity contribution is 0.364. The summed E-state index contributed by atoms with van der Waals surface area (Å²) < 4.78 is 21.2. The van der Waals surface area contributed by atoms with Gasteiger partial charge in [-0.15, -0.1) is 0 Å². The molecule has 1 N–H and O–H groups in total. The van der Waals surface area contributed by atoms with Crippen molar-refractivity contribution in [3.63, 3.8) is 0 Å². The summed E-state index contributed by atoms with van der Waals surface area (Å²) >= 11 is 13.5. The van der Waals surface area contributed by atoms with Crippen molar-refractivity contribution in [3.8, 4) is 11.8 Å². The number of ether oxygens (including phenoxy) is 1. The lowest BCUT2D eigenvalue weighted by Gasteiger charge is -2.14. The van der Waals surface area contributed by atoms with Crippen molar-refractivity contribution in [3.05, 3.63) is 65.3 Å². The number of halogens is 3. The number of anilines is 2. The molecule has 0 aliphatic heterocycles. The summed E-state index contributed by atoms with van der Waals surface area (Å²) in [4.78, 5) is 9.29. The number of benzene rings is 2. The number of imidazole rings is 1. The molecule has 4 aromatic rings. The van der Waals surface area contributed by atoms with Gasteiger partial charge in [0.25, 0.3) is 0 Å². The molecule has 4 rings (SSSR count). The Bertz CT molecular complexity index is 1320. The fraction of sp³-hybridized carbons (Fsp3) is 0.0952. The van der Waals surface area contributed by atoms with Crippen LogP contribution in [0.15, 0.2) is 59.0 Å². The number of aryl methyl sites for hydroxylation is 1. The summed E-state index contributed by atoms with van der Waals surface area (Å²) in [6.07, 6.45) is 4.96. The van der Waals surface area contributed by atoms with Crippen LogP contribution in [0.3, 0.4) is 0 Å². The first-order chi connectivity index (χ1) is 15.0. The topological polar surface area (TPSA) is 75.8 Å². The molecule has 0 radical (unpaired) electrons. The van der Waals surface area contributed by atoms with E-state index >= 15 is 0 Å². The highest BCUT2D eigenvalue weighted by molar-refractivity contribution is 7.99. The minimum Gasteiger partial charge on any atom is -0.475 e. The first-order valence-electron chi connectivity index (χ1n) is 8.93. The number of hydrogen-bond donors (Lipinski definition) is 1. The summed E-state index contributed by atoms with van der Waals surface area (Å²) in [6, 6.07) is 10.1. The fourth-order valence-corrected chi connectivity index (χ4v) is 4.16. The van der Waals surface area contributed by atoms with Crippen molar-refractivity contribution in [1.82, 2.24) is 14.5 Å². The van der Waals surface area contributed by atoms with E-state index in [-0.39, 0.29) is 11.8 Å². The standard InChI is InChI=1S/C21H14Cl2FN5OS/c1-29-5-4-26-21(29)31-19-3-2-13(6-15(19)23)28-20-12(9-25)10-27-17-8-16(24)18(30-11-22)7-14(17)20/h2-8,10H,11H2,1H3,(H,27,28). The molecule has 156 valence electrons. The van der Waals surface area contributed by atoms with E-state index in [1.165, 1.54) is 30.1 Å². The normalized spacial score (nSPS) is 10.8. The Labute approximate surface area is 191 Å². The van der Waals surface area contributed by atoms with E-state index in [2.05, 4.69) is 21.4 Å². The highest BCUT2D eigenvalue weighted by Gasteiger charge is 2.15. The zero-order valence-corrected chi connectivity index (χ0v) is 18.4. The van der Waals surface area contributed by atoms with Crippen LogP contribution in [-0.2, 0) is 7.05 Å². The second-order valence-corrected chi connectivity index (χ2v) is 8.04. The second kappa shape index (κ2) is 9.02. The van der Waals surface area contributed by atoms with Crippen molar-refractivity contribution in [2.45, 2.75) is 10.1 Å². The van der Waals surface area contributed by atoms with Gasteiger partial charge in [0, 0.05) is 47.7 Å². The largest absolute Gasteiger partial charge is 0.475 e. The first kappa shape index (κ1) is 21.2. The number of alkyl halides is 1. The Balaban J connectivity index is 1.72. The van der Waals surface area contributed by atoms with Gasteiger partial charge < -0.3 is 14.6 Å². The van der Waals surface area contributed by atoms with E-state index in [9.17, 15) is 9.65 Å². The summed E-state index contributed by atoms with van der Waals surface area (Å²) in [6.45, 7) is 0. The lowest BCUT2D eigenvalue weighted by Crippen LogP contribution is -1.99. The van der Waals surface area contributed by atoms with E-state index in [0.717, 1.165) is 10.1 Å². The molecule has 10 heteroatoms. The summed E-state index contributed by atoms with van der Waals surface area (Å²) in [5.74, 6) is -0.614. The van der Waals surface area contributed by atoms with Crippen molar-refractivity contribution in [1.29, 1.82) is 5.26 Å². The zero-order valence-electron chi connectivity index (χ0n) is 16.1. The number of aromatic nitrogens is 3. The molecular formula is C21H14Cl2FN5OS. The smallest absolute Gasteiger partial charge is 0.172 e. The number of rotatable bonds is 6. The third kappa shape index (κ3) is 4.39. The summed E-state index contributed by atoms with van der Waals surface area (Å²) in [7, 11) is 1.90. The number of nitrogens with one attached hydrogen (secondary N) is 1. The van der Waals surface area contributed by atoms with Gasteiger partial charge in [0.15, 0.2) is 22.8 Å². The average Bonchev–Trinajstić information content (AvgIpc) is 3.15. The van der Waals surface area contributed by atoms with Crippen molar-refractivity contribution in [2.75, 3.05) is 11.4 Å². The maximum atomic E-state index is 14.2. The molecule has 2 heterocycles. The van der Waals surface area contributed by atoms with Gasteiger partial charge >= 0.3 is 0 Å². The van der Waals surface area contributed by atoms with Gasteiger partial charge in [-0.3, -0.25) is 4.98 Å². The monoisotopic (exact) mass is 473 g/mol. The molecule has 0 spiro atoms. The Morgan fingerprint density at radius 1 is 1.29 bits per heavy atom. The van der Waals surface area contributed by atoms with Crippen LogP contribution in [0.25, 0.3) is 10.9 Å². The summed E-state index contributed by atoms with van der Waals surface area (Å²) in [5, 5.41) is 14.6. The fourth-order valence-electron chi connectivity index (χ4n) is 2.94. The molecule has 0 atom stereocenters. The molecule has 0 aliphatic rings. The molecule has 0 unspecified atom stereocenters. The molecule has 2 aromatic carbocycles. The Kier molecular flexibility index (Phi) is 6.18. The van der Waals surface area contributed by atoms with E-state index in [1.807, 2.05) is 29.9 Å². The predicted molar refractivity (Wildman–Crippen MR) is 120 cm³/mol. The molecule has 31 heavy (non-hydrogen) atoms. The number of fused-ring (bicyclic) bond motifs is 1. The first-order valence-corrected chi connectivity index (χ1v) is 10.7. The van der Waals surface area contributed by atoms with Crippen LogP contribution in [0.4, 0.5) is 15.8 Å². The van der Waals surface area contributed by atoms with Crippen LogP contribution in [0.2, 0.25) is 5.02 Å². The Morgan fingerprint density at radius 2 is 2.13 bits per heavy atom. The van der Waals surface area contributed by atoms with Gasteiger partial charge in [0.1, 0.15) is 6.07 Å². The molecule has 0 saturated carbocycles. The summed E-state index contributed by atoms with van der Waals surface area (Å²) in [5.41, 5.74) is 1.78. The van der Waals surface area contributed by atoms with Crippen LogP contribution in [0.5, 0.6) is 5.75 Å². The second-order valence-electron chi connectivity index (χ2n) is 6.40. The van der Waals surface area contributed by atoms with Crippen LogP contribution in [0, 0.1) is 17.1 Å². The molecule has 2 aromatic heterocycles. The van der Waals surface area contributed by atoms with Gasteiger partial charge in [-0.05, 0) is 24.3 Å². The van der Waals surface area contributed by atoms with Crippen molar-refractivity contribution < 1.29 is 9.13 Å². The van der Waals surface area contributed by atoms with Crippen LogP contribution >= 0.6 is 35.0 Å². The lowest BCUT2D eigenvalue weighted by atomic mass is 10.1. The molecule has 0 aliphatic carbocycles. The van der Waals surface area contributed by atoms with Gasteiger partial charge in [-0.1, -0.05) is 35.0 Å². The highest BCUT2D eigenvalue weighted by atomic mass is 35.5. The van der Waals surface area contributed by atoms with Gasteiger partial charge in [0.2, 0.25) is 0 Å². The van der Waals surface area contributed by atoms with Crippen LogP contribution in [-0.4, -0.2) is 20.6 Å². The SMILES string of the molecule is Cn1ccnc1Sc1ccc(Nc2c(C#N)cnc3cc(F)c(OCCl)cc23)cc1Cl. The molecular weight excluding hydrogens is 460 g/mol. The quantitative estimate of drug-likeness (QED) is 0.340. The van der Waals surface area contributed by atoms with E-state index in [4.69, 9.17) is 27.9 Å².